The van der Waals surface area contributed by atoms with Crippen molar-refractivity contribution in [3.63, 3.8) is 0 Å². The van der Waals surface area contributed by atoms with Gasteiger partial charge in [-0.3, -0.25) is 10.3 Å². The second-order valence-corrected chi connectivity index (χ2v) is 1.95. The molecule has 1 rings (SSSR count). The van der Waals surface area contributed by atoms with Crippen LogP contribution in [0.15, 0.2) is 30.3 Å². The van der Waals surface area contributed by atoms with Gasteiger partial charge in [0.15, 0.2) is 0 Å². The zero-order valence-electron chi connectivity index (χ0n) is 7.10. The van der Waals surface area contributed by atoms with E-state index in [0.717, 1.165) is 5.69 Å². The van der Waals surface area contributed by atoms with Crippen LogP contribution in [-0.4, -0.2) is 23.5 Å². The first-order valence-corrected chi connectivity index (χ1v) is 3.42. The summed E-state index contributed by atoms with van der Waals surface area (Å²) in [5.41, 5.74) is 3.68. The lowest BCUT2D eigenvalue weighted by Crippen LogP contribution is -1.93. The van der Waals surface area contributed by atoms with E-state index in [-0.39, 0.29) is 0 Å². The molecule has 0 bridgehead atoms. The zero-order valence-corrected chi connectivity index (χ0v) is 7.10. The average Bonchev–Trinajstić information content (AvgIpc) is 2.06. The maximum Gasteiger partial charge on any atom is 0.503 e. The highest BCUT2D eigenvalue weighted by Crippen LogP contribution is 2.03. The SMILES string of the molecule is CONc1ccccc1.O=C(O)O. The Balaban J connectivity index is 0.000000310. The van der Waals surface area contributed by atoms with Gasteiger partial charge in [-0.05, 0) is 12.1 Å². The maximum absolute atomic E-state index is 8.56. The molecule has 5 heteroatoms. The van der Waals surface area contributed by atoms with Gasteiger partial charge in [0.05, 0.1) is 12.8 Å². The summed E-state index contributed by atoms with van der Waals surface area (Å²) >= 11 is 0. The Morgan fingerprint density at radius 2 is 1.77 bits per heavy atom. The van der Waals surface area contributed by atoms with Gasteiger partial charge in [-0.1, -0.05) is 18.2 Å². The van der Waals surface area contributed by atoms with Crippen LogP contribution in [0.1, 0.15) is 0 Å². The Hall–Kier alpha value is -1.75. The van der Waals surface area contributed by atoms with E-state index in [1.165, 1.54) is 0 Å². The first kappa shape index (κ1) is 11.2. The minimum atomic E-state index is -1.83. The van der Waals surface area contributed by atoms with Crippen molar-refractivity contribution in [3.8, 4) is 0 Å². The number of anilines is 1. The molecule has 0 aliphatic heterocycles. The summed E-state index contributed by atoms with van der Waals surface area (Å²) in [4.78, 5) is 13.2. The molecule has 0 radical (unpaired) electrons. The molecular formula is C8H11NO4. The van der Waals surface area contributed by atoms with E-state index < -0.39 is 6.16 Å². The fraction of sp³-hybridized carbons (Fsp3) is 0.125. The van der Waals surface area contributed by atoms with Crippen LogP contribution < -0.4 is 5.48 Å². The second-order valence-electron chi connectivity index (χ2n) is 1.95. The molecule has 1 aromatic rings. The highest BCUT2D eigenvalue weighted by Gasteiger charge is 1.82. The number of rotatable bonds is 2. The van der Waals surface area contributed by atoms with E-state index >= 15 is 0 Å². The molecule has 1 aromatic carbocycles. The summed E-state index contributed by atoms with van der Waals surface area (Å²) in [7, 11) is 1.59. The van der Waals surface area contributed by atoms with E-state index in [9.17, 15) is 0 Å². The van der Waals surface area contributed by atoms with Crippen molar-refractivity contribution in [1.29, 1.82) is 0 Å². The topological polar surface area (TPSA) is 78.8 Å². The van der Waals surface area contributed by atoms with Gasteiger partial charge >= 0.3 is 6.16 Å². The molecule has 0 fully saturated rings. The Morgan fingerprint density at radius 3 is 2.15 bits per heavy atom. The summed E-state index contributed by atoms with van der Waals surface area (Å²) in [5.74, 6) is 0. The molecule has 0 amide bonds. The molecule has 0 spiro atoms. The number of para-hydroxylation sites is 1. The van der Waals surface area contributed by atoms with Crippen LogP contribution in [0.2, 0.25) is 0 Å². The van der Waals surface area contributed by atoms with Crippen LogP contribution in [0.25, 0.3) is 0 Å². The van der Waals surface area contributed by atoms with Crippen LogP contribution in [0.4, 0.5) is 10.5 Å². The van der Waals surface area contributed by atoms with Crippen LogP contribution in [0.3, 0.4) is 0 Å². The monoisotopic (exact) mass is 185 g/mol. The molecule has 5 nitrogen and oxygen atoms in total. The number of carbonyl (C=O) groups is 1. The lowest BCUT2D eigenvalue weighted by atomic mass is 10.3. The molecule has 72 valence electrons. The first-order valence-electron chi connectivity index (χ1n) is 3.42. The predicted octanol–water partition coefficient (Wildman–Crippen LogP) is 1.88. The van der Waals surface area contributed by atoms with Crippen molar-refractivity contribution < 1.29 is 19.8 Å². The first-order chi connectivity index (χ1) is 6.16. The lowest BCUT2D eigenvalue weighted by Gasteiger charge is -1.99. The van der Waals surface area contributed by atoms with E-state index in [1.807, 2.05) is 30.3 Å². The van der Waals surface area contributed by atoms with E-state index in [1.54, 1.807) is 7.11 Å². The third-order valence-corrected chi connectivity index (χ3v) is 0.994. The largest absolute Gasteiger partial charge is 0.503 e. The number of carboxylic acid groups (broad SMARTS) is 2. The standard InChI is InChI=1S/C7H9NO.CH2O3/c1-9-8-7-5-3-2-4-6-7;2-1(3)4/h2-6,8H,1H3;(H2,2,3,4). The summed E-state index contributed by atoms with van der Waals surface area (Å²) in [6, 6.07) is 9.72. The summed E-state index contributed by atoms with van der Waals surface area (Å²) in [5, 5.41) is 13.9. The van der Waals surface area contributed by atoms with Gasteiger partial charge in [0.1, 0.15) is 0 Å². The van der Waals surface area contributed by atoms with E-state index in [0.29, 0.717) is 0 Å². The summed E-state index contributed by atoms with van der Waals surface area (Å²) in [6.07, 6.45) is -1.83. The third-order valence-electron chi connectivity index (χ3n) is 0.994. The van der Waals surface area contributed by atoms with Crippen LogP contribution in [-0.2, 0) is 4.84 Å². The Morgan fingerprint density at radius 1 is 1.31 bits per heavy atom. The number of nitrogens with one attached hydrogen (secondary N) is 1. The number of hydrogen-bond acceptors (Lipinski definition) is 3. The Labute approximate surface area is 75.5 Å². The van der Waals surface area contributed by atoms with Crippen molar-refractivity contribution in [2.24, 2.45) is 0 Å². The maximum atomic E-state index is 8.56. The highest BCUT2D eigenvalue weighted by atomic mass is 16.6. The lowest BCUT2D eigenvalue weighted by molar-refractivity contribution is 0.137. The molecular weight excluding hydrogens is 174 g/mol. The van der Waals surface area contributed by atoms with Gasteiger partial charge in [-0.2, -0.15) is 0 Å². The average molecular weight is 185 g/mol. The molecule has 0 saturated carbocycles. The van der Waals surface area contributed by atoms with Gasteiger partial charge in [-0.25, -0.2) is 4.79 Å². The predicted molar refractivity (Wildman–Crippen MR) is 47.7 cm³/mol. The number of hydrogen-bond donors (Lipinski definition) is 3. The molecule has 0 heterocycles. The molecule has 13 heavy (non-hydrogen) atoms. The minimum Gasteiger partial charge on any atom is -0.450 e. The number of benzene rings is 1. The molecule has 3 N–H and O–H groups in total. The fourth-order valence-corrected chi connectivity index (χ4v) is 0.624. The van der Waals surface area contributed by atoms with E-state index in [4.69, 9.17) is 15.0 Å². The highest BCUT2D eigenvalue weighted by molar-refractivity contribution is 5.53. The van der Waals surface area contributed by atoms with Crippen molar-refractivity contribution in [3.05, 3.63) is 30.3 Å². The third kappa shape index (κ3) is 8.15. The van der Waals surface area contributed by atoms with E-state index in [2.05, 4.69) is 10.3 Å². The van der Waals surface area contributed by atoms with Crippen molar-refractivity contribution >= 4 is 11.8 Å². The van der Waals surface area contributed by atoms with Crippen LogP contribution in [0.5, 0.6) is 0 Å². The van der Waals surface area contributed by atoms with Gasteiger partial charge in [0.2, 0.25) is 0 Å². The van der Waals surface area contributed by atoms with Gasteiger partial charge < -0.3 is 10.2 Å². The normalized spacial score (nSPS) is 8.08. The van der Waals surface area contributed by atoms with Gasteiger partial charge in [0.25, 0.3) is 0 Å². The summed E-state index contributed by atoms with van der Waals surface area (Å²) in [6.45, 7) is 0. The minimum absolute atomic E-state index is 0.972. The Bertz CT molecular complexity index is 233. The van der Waals surface area contributed by atoms with Gasteiger partial charge in [-0.15, -0.1) is 0 Å². The van der Waals surface area contributed by atoms with Crippen LogP contribution in [0, 0.1) is 0 Å². The molecule has 0 unspecified atom stereocenters. The second kappa shape index (κ2) is 6.93. The molecule has 0 aromatic heterocycles. The van der Waals surface area contributed by atoms with Gasteiger partial charge in [0, 0.05) is 0 Å². The molecule has 0 saturated heterocycles. The Kier molecular flexibility index (Phi) is 6.00. The molecule has 0 atom stereocenters. The smallest absolute Gasteiger partial charge is 0.450 e. The van der Waals surface area contributed by atoms with Crippen molar-refractivity contribution in [2.75, 3.05) is 12.6 Å². The van der Waals surface area contributed by atoms with Crippen LogP contribution >= 0.6 is 0 Å². The van der Waals surface area contributed by atoms with Crippen molar-refractivity contribution in [2.45, 2.75) is 0 Å². The molecule has 0 aliphatic carbocycles. The molecule has 0 aliphatic rings. The quantitative estimate of drug-likeness (QED) is 0.613. The fourth-order valence-electron chi connectivity index (χ4n) is 0.624. The summed E-state index contributed by atoms with van der Waals surface area (Å²) < 4.78 is 0. The zero-order chi connectivity index (χ0) is 10.1. The van der Waals surface area contributed by atoms with Crippen molar-refractivity contribution in [1.82, 2.24) is 0 Å².